The molecule has 0 N–H and O–H groups in total. The van der Waals surface area contributed by atoms with Crippen LogP contribution in [-0.4, -0.2) is 0 Å². The second kappa shape index (κ2) is 13.4. The largest absolute Gasteiger partial charge is 0.456 e. The van der Waals surface area contributed by atoms with Crippen LogP contribution in [-0.2, 0) is 0 Å². The predicted molar refractivity (Wildman–Crippen MR) is 228 cm³/mol. The van der Waals surface area contributed by atoms with Crippen LogP contribution in [0.2, 0.25) is 0 Å². The molecule has 1 heterocycles. The zero-order valence-corrected chi connectivity index (χ0v) is 29.6. The van der Waals surface area contributed by atoms with Crippen LogP contribution in [0.4, 0.5) is 17.1 Å². The number of rotatable bonds is 7. The van der Waals surface area contributed by atoms with E-state index >= 15 is 0 Å². The molecule has 254 valence electrons. The Hall–Kier alpha value is -7.16. The van der Waals surface area contributed by atoms with Gasteiger partial charge >= 0.3 is 0 Å². The number of furan rings is 1. The summed E-state index contributed by atoms with van der Waals surface area (Å²) in [5, 5.41) is 4.79. The van der Waals surface area contributed by atoms with E-state index in [1.165, 1.54) is 38.6 Å². The summed E-state index contributed by atoms with van der Waals surface area (Å²) in [6.07, 6.45) is 0. The van der Waals surface area contributed by atoms with Crippen molar-refractivity contribution in [2.45, 2.75) is 0 Å². The lowest BCUT2D eigenvalue weighted by Crippen LogP contribution is -2.10. The smallest absolute Gasteiger partial charge is 0.136 e. The lowest BCUT2D eigenvalue weighted by Gasteiger charge is -2.27. The fourth-order valence-corrected chi connectivity index (χ4v) is 7.78. The Bertz CT molecular complexity index is 2930. The van der Waals surface area contributed by atoms with Gasteiger partial charge in [0.05, 0.1) is 0 Å². The maximum Gasteiger partial charge on any atom is 0.136 e. The first kappa shape index (κ1) is 31.6. The third kappa shape index (κ3) is 5.81. The Labute approximate surface area is 314 Å². The second-order valence-corrected chi connectivity index (χ2v) is 13.8. The fraction of sp³-hybridized carbons (Fsp3) is 0. The molecule has 2 heteroatoms. The molecular formula is C52H35NO. The van der Waals surface area contributed by atoms with Crippen LogP contribution in [0.1, 0.15) is 0 Å². The molecule has 0 aliphatic rings. The van der Waals surface area contributed by atoms with Crippen LogP contribution >= 0.6 is 0 Å². The van der Waals surface area contributed by atoms with Crippen molar-refractivity contribution in [2.75, 3.05) is 4.90 Å². The van der Waals surface area contributed by atoms with E-state index in [2.05, 4.69) is 205 Å². The highest BCUT2D eigenvalue weighted by Gasteiger charge is 2.16. The van der Waals surface area contributed by atoms with Gasteiger partial charge in [-0.1, -0.05) is 152 Å². The molecule has 10 rings (SSSR count). The first-order valence-corrected chi connectivity index (χ1v) is 18.4. The van der Waals surface area contributed by atoms with Crippen LogP contribution in [0, 0.1) is 0 Å². The van der Waals surface area contributed by atoms with Crippen molar-refractivity contribution in [3.05, 3.63) is 212 Å². The molecule has 9 aromatic carbocycles. The molecule has 0 atom stereocenters. The zero-order chi connectivity index (χ0) is 35.8. The Morgan fingerprint density at radius 2 is 0.796 bits per heavy atom. The highest BCUT2D eigenvalue weighted by molar-refractivity contribution is 6.06. The van der Waals surface area contributed by atoms with Crippen molar-refractivity contribution in [3.63, 3.8) is 0 Å². The van der Waals surface area contributed by atoms with E-state index in [1.807, 2.05) is 12.1 Å². The first-order valence-electron chi connectivity index (χ1n) is 18.4. The van der Waals surface area contributed by atoms with E-state index in [9.17, 15) is 0 Å². The van der Waals surface area contributed by atoms with Gasteiger partial charge < -0.3 is 9.32 Å². The molecule has 0 radical (unpaired) electrons. The van der Waals surface area contributed by atoms with Gasteiger partial charge in [-0.15, -0.1) is 0 Å². The summed E-state index contributed by atoms with van der Waals surface area (Å²) in [4.78, 5) is 2.36. The zero-order valence-electron chi connectivity index (χ0n) is 29.6. The van der Waals surface area contributed by atoms with E-state index in [-0.39, 0.29) is 0 Å². The molecule has 0 fully saturated rings. The van der Waals surface area contributed by atoms with Crippen molar-refractivity contribution in [1.82, 2.24) is 0 Å². The maximum atomic E-state index is 6.23. The quantitative estimate of drug-likeness (QED) is 0.166. The molecule has 0 amide bonds. The van der Waals surface area contributed by atoms with Gasteiger partial charge in [-0.05, 0) is 116 Å². The summed E-state index contributed by atoms with van der Waals surface area (Å²) < 4.78 is 6.23. The summed E-state index contributed by atoms with van der Waals surface area (Å²) in [6, 6.07) is 76.0. The summed E-state index contributed by atoms with van der Waals surface area (Å²) in [5.74, 6) is 0. The van der Waals surface area contributed by atoms with E-state index < -0.39 is 0 Å². The van der Waals surface area contributed by atoms with Gasteiger partial charge in [0, 0.05) is 27.8 Å². The molecule has 10 aromatic rings. The molecule has 0 spiro atoms. The predicted octanol–water partition coefficient (Wildman–Crippen LogP) is 14.9. The molecule has 0 unspecified atom stereocenters. The lowest BCUT2D eigenvalue weighted by atomic mass is 9.95. The number of fused-ring (bicyclic) bond motifs is 4. The van der Waals surface area contributed by atoms with Gasteiger partial charge in [0.1, 0.15) is 11.2 Å². The Balaban J connectivity index is 1.06. The SMILES string of the molecule is c1ccc(-c2cccc(N(c3ccc(-c4ccc5c(c4)oc4ccccc45)cc3)c3cccc(-c4cccc(-c5cccc6ccccc56)c4)c3)c2)cc1. The van der Waals surface area contributed by atoms with Gasteiger partial charge in [0.2, 0.25) is 0 Å². The Morgan fingerprint density at radius 1 is 0.278 bits per heavy atom. The average Bonchev–Trinajstić information content (AvgIpc) is 3.62. The number of hydrogen-bond donors (Lipinski definition) is 0. The monoisotopic (exact) mass is 689 g/mol. The standard InChI is InChI=1S/C52H35NO/c1-2-12-36(13-3-1)40-17-9-20-45(33-40)53(44-29-26-37(27-30-44)42-28-31-50-49-23-6-7-25-51(49)54-52(50)35-42)46-21-10-18-41(34-46)39-16-8-19-43(32-39)48-24-11-15-38-14-4-5-22-47(38)48/h1-35H. The van der Waals surface area contributed by atoms with Crippen LogP contribution in [0.5, 0.6) is 0 Å². The topological polar surface area (TPSA) is 16.4 Å². The van der Waals surface area contributed by atoms with Gasteiger partial charge in [-0.25, -0.2) is 0 Å². The number of hydrogen-bond acceptors (Lipinski definition) is 2. The molecule has 0 saturated heterocycles. The molecule has 54 heavy (non-hydrogen) atoms. The summed E-state index contributed by atoms with van der Waals surface area (Å²) >= 11 is 0. The van der Waals surface area contributed by atoms with Crippen LogP contribution in [0.15, 0.2) is 217 Å². The van der Waals surface area contributed by atoms with Gasteiger partial charge in [-0.3, -0.25) is 0 Å². The van der Waals surface area contributed by atoms with Gasteiger partial charge in [0.15, 0.2) is 0 Å². The number of nitrogens with zero attached hydrogens (tertiary/aromatic N) is 1. The maximum absolute atomic E-state index is 6.23. The molecule has 0 saturated carbocycles. The first-order chi connectivity index (χ1) is 26.7. The second-order valence-electron chi connectivity index (χ2n) is 13.8. The molecule has 0 bridgehead atoms. The molecule has 2 nitrogen and oxygen atoms in total. The number of para-hydroxylation sites is 1. The third-order valence-electron chi connectivity index (χ3n) is 10.4. The summed E-state index contributed by atoms with van der Waals surface area (Å²) in [5.41, 5.74) is 14.5. The van der Waals surface area contributed by atoms with Crippen molar-refractivity contribution in [2.24, 2.45) is 0 Å². The highest BCUT2D eigenvalue weighted by Crippen LogP contribution is 2.40. The highest BCUT2D eigenvalue weighted by atomic mass is 16.3. The van der Waals surface area contributed by atoms with Crippen molar-refractivity contribution >= 4 is 49.8 Å². The number of anilines is 3. The third-order valence-corrected chi connectivity index (χ3v) is 10.4. The van der Waals surface area contributed by atoms with Crippen molar-refractivity contribution < 1.29 is 4.42 Å². The minimum atomic E-state index is 0.901. The van der Waals surface area contributed by atoms with E-state index in [1.54, 1.807) is 0 Å². The van der Waals surface area contributed by atoms with Crippen LogP contribution < -0.4 is 4.90 Å². The van der Waals surface area contributed by atoms with Crippen molar-refractivity contribution in [3.8, 4) is 44.5 Å². The summed E-state index contributed by atoms with van der Waals surface area (Å²) in [6.45, 7) is 0. The Kier molecular flexibility index (Phi) is 7.85. The number of benzene rings is 9. The van der Waals surface area contributed by atoms with E-state index in [0.29, 0.717) is 0 Å². The van der Waals surface area contributed by atoms with Crippen molar-refractivity contribution in [1.29, 1.82) is 0 Å². The minimum absolute atomic E-state index is 0.901. The summed E-state index contributed by atoms with van der Waals surface area (Å²) in [7, 11) is 0. The lowest BCUT2D eigenvalue weighted by molar-refractivity contribution is 0.669. The van der Waals surface area contributed by atoms with Gasteiger partial charge in [-0.2, -0.15) is 0 Å². The fourth-order valence-electron chi connectivity index (χ4n) is 7.78. The van der Waals surface area contributed by atoms with E-state index in [4.69, 9.17) is 4.42 Å². The normalized spacial score (nSPS) is 11.3. The van der Waals surface area contributed by atoms with Crippen LogP contribution in [0.3, 0.4) is 0 Å². The molecule has 1 aromatic heterocycles. The average molecular weight is 690 g/mol. The molecule has 0 aliphatic carbocycles. The van der Waals surface area contributed by atoms with Crippen LogP contribution in [0.25, 0.3) is 77.2 Å². The molecule has 0 aliphatic heterocycles. The Morgan fingerprint density at radius 3 is 1.59 bits per heavy atom. The van der Waals surface area contributed by atoms with Gasteiger partial charge in [0.25, 0.3) is 0 Å². The van der Waals surface area contributed by atoms with E-state index in [0.717, 1.165) is 55.7 Å². The minimum Gasteiger partial charge on any atom is -0.456 e. The molecular weight excluding hydrogens is 655 g/mol.